The molecule has 0 saturated carbocycles. The van der Waals surface area contributed by atoms with E-state index in [-0.39, 0.29) is 21.7 Å². The Morgan fingerprint density at radius 2 is 0.662 bits per heavy atom. The van der Waals surface area contributed by atoms with Gasteiger partial charge < -0.3 is 9.13 Å². The van der Waals surface area contributed by atoms with E-state index in [1.165, 1.54) is 43.8 Å². The van der Waals surface area contributed by atoms with Gasteiger partial charge in [-0.1, -0.05) is 204 Å². The van der Waals surface area contributed by atoms with Crippen LogP contribution in [0.25, 0.3) is 116 Å². The Bertz CT molecular complexity index is 4190. The molecule has 0 aliphatic carbocycles. The molecule has 6 nitrogen and oxygen atoms in total. The first-order valence-electron chi connectivity index (χ1n) is 28.0. The molecule has 0 saturated heterocycles. The predicted molar refractivity (Wildman–Crippen MR) is 337 cm³/mol. The predicted octanol–water partition coefficient (Wildman–Crippen LogP) is 20.1. The molecule has 0 unspecified atom stereocenters. The first-order chi connectivity index (χ1) is 38.1. The minimum atomic E-state index is -0.125. The molecule has 0 radical (unpaired) electrons. The molecular weight excluding hydrogens is 973 g/mol. The van der Waals surface area contributed by atoms with Crippen LogP contribution >= 0.6 is 0 Å². The highest BCUT2D eigenvalue weighted by Gasteiger charge is 2.27. The van der Waals surface area contributed by atoms with E-state index in [2.05, 4.69) is 279 Å². The number of benzene rings is 9. The van der Waals surface area contributed by atoms with E-state index >= 15 is 0 Å². The van der Waals surface area contributed by atoms with Crippen LogP contribution in [0.5, 0.6) is 0 Å². The average Bonchev–Trinajstić information content (AvgIpc) is 4.01. The van der Waals surface area contributed by atoms with E-state index in [4.69, 9.17) is 21.5 Å². The third kappa shape index (κ3) is 9.35. The average molecular weight is 1040 g/mol. The maximum Gasteiger partial charge on any atom is 0.187 e. The highest BCUT2D eigenvalue weighted by molar-refractivity contribution is 6.11. The Kier molecular flexibility index (Phi) is 12.4. The van der Waals surface area contributed by atoms with Crippen molar-refractivity contribution in [2.45, 2.75) is 105 Å². The normalized spacial score (nSPS) is 12.5. The molecule has 12 rings (SSSR count). The van der Waals surface area contributed by atoms with Gasteiger partial charge in [0.15, 0.2) is 23.2 Å². The fourth-order valence-electron chi connectivity index (χ4n) is 11.3. The fourth-order valence-corrected chi connectivity index (χ4v) is 11.3. The first kappa shape index (κ1) is 51.8. The Labute approximate surface area is 471 Å². The lowest BCUT2D eigenvalue weighted by molar-refractivity contribution is 0.568. The Hall–Kier alpha value is -8.92. The van der Waals surface area contributed by atoms with Gasteiger partial charge in [0.05, 0.1) is 40.0 Å². The van der Waals surface area contributed by atoms with Crippen molar-refractivity contribution in [3.05, 3.63) is 228 Å². The zero-order valence-electron chi connectivity index (χ0n) is 48.2. The summed E-state index contributed by atoms with van der Waals surface area (Å²) in [6.07, 6.45) is 0. The van der Waals surface area contributed by atoms with Crippen LogP contribution in [-0.4, -0.2) is 24.1 Å². The molecule has 9 aromatic carbocycles. The number of para-hydroxylation sites is 4. The highest BCUT2D eigenvalue weighted by atomic mass is 15.0. The van der Waals surface area contributed by atoms with Crippen LogP contribution in [0.15, 0.2) is 194 Å². The Balaban J connectivity index is 1.20. The zero-order chi connectivity index (χ0) is 56.0. The van der Waals surface area contributed by atoms with E-state index in [0.717, 1.165) is 72.4 Å². The molecule has 12 aromatic rings. The van der Waals surface area contributed by atoms with Crippen molar-refractivity contribution in [3.63, 3.8) is 0 Å². The SMILES string of the molecule is [C-]#[N+]c1ccc(-c2ccc(-c3cc(-c4nc(-c5cc(C(C)(C)C)cc(C(C)(C)C)c5)nc(-c5cc(C(C)(C)C)cc(C(C)(C)C)c5)n4)ccc3-n3c4ccccc4c4ccccc43)c(-n3c4ccccc4c4ccccc43)c2)cc1. The maximum absolute atomic E-state index is 7.72. The van der Waals surface area contributed by atoms with E-state index in [0.29, 0.717) is 23.2 Å². The number of hydrogen-bond donors (Lipinski definition) is 0. The van der Waals surface area contributed by atoms with Crippen molar-refractivity contribution in [2.75, 3.05) is 0 Å². The molecule has 3 heterocycles. The molecule has 0 N–H and O–H groups in total. The molecule has 394 valence electrons. The molecule has 0 bridgehead atoms. The topological polar surface area (TPSA) is 52.9 Å². The second-order valence-electron chi connectivity index (χ2n) is 25.8. The van der Waals surface area contributed by atoms with Gasteiger partial charge in [-0.3, -0.25) is 0 Å². The van der Waals surface area contributed by atoms with E-state index in [9.17, 15) is 0 Å². The summed E-state index contributed by atoms with van der Waals surface area (Å²) in [6.45, 7) is 35.1. The lowest BCUT2D eigenvalue weighted by Crippen LogP contribution is -2.17. The van der Waals surface area contributed by atoms with Gasteiger partial charge >= 0.3 is 0 Å². The highest BCUT2D eigenvalue weighted by Crippen LogP contribution is 2.45. The van der Waals surface area contributed by atoms with Crippen molar-refractivity contribution < 1.29 is 0 Å². The minimum absolute atomic E-state index is 0.125. The summed E-state index contributed by atoms with van der Waals surface area (Å²) in [5.74, 6) is 1.85. The zero-order valence-corrected chi connectivity index (χ0v) is 48.2. The quantitative estimate of drug-likeness (QED) is 0.150. The minimum Gasteiger partial charge on any atom is -0.309 e. The third-order valence-corrected chi connectivity index (χ3v) is 16.0. The summed E-state index contributed by atoms with van der Waals surface area (Å²) < 4.78 is 4.86. The summed E-state index contributed by atoms with van der Waals surface area (Å²) in [7, 11) is 0. The van der Waals surface area contributed by atoms with Crippen molar-refractivity contribution >= 4 is 49.3 Å². The van der Waals surface area contributed by atoms with Crippen LogP contribution in [0.3, 0.4) is 0 Å². The third-order valence-electron chi connectivity index (χ3n) is 16.0. The molecule has 80 heavy (non-hydrogen) atoms. The van der Waals surface area contributed by atoms with Gasteiger partial charge in [-0.05, 0) is 128 Å². The fraction of sp³-hybridized carbons (Fsp3) is 0.216. The molecule has 3 aromatic heterocycles. The van der Waals surface area contributed by atoms with Crippen molar-refractivity contribution in [3.8, 4) is 67.8 Å². The van der Waals surface area contributed by atoms with Crippen LogP contribution in [0.1, 0.15) is 105 Å². The summed E-state index contributed by atoms with van der Waals surface area (Å²) in [5, 5.41) is 4.73. The molecule has 0 aliphatic heterocycles. The summed E-state index contributed by atoms with van der Waals surface area (Å²) in [5.41, 5.74) is 18.4. The molecule has 0 fully saturated rings. The number of aromatic nitrogens is 5. The van der Waals surface area contributed by atoms with Crippen LogP contribution in [0, 0.1) is 6.57 Å². The van der Waals surface area contributed by atoms with Gasteiger partial charge in [-0.25, -0.2) is 19.8 Å². The number of fused-ring (bicyclic) bond motifs is 6. The first-order valence-corrected chi connectivity index (χ1v) is 28.0. The maximum atomic E-state index is 7.72. The van der Waals surface area contributed by atoms with Crippen LogP contribution in [0.4, 0.5) is 5.69 Å². The van der Waals surface area contributed by atoms with Crippen LogP contribution < -0.4 is 0 Å². The number of rotatable bonds is 7. The lowest BCUT2D eigenvalue weighted by Gasteiger charge is -2.26. The van der Waals surface area contributed by atoms with Crippen molar-refractivity contribution in [1.29, 1.82) is 0 Å². The largest absolute Gasteiger partial charge is 0.309 e. The van der Waals surface area contributed by atoms with Crippen LogP contribution in [0.2, 0.25) is 0 Å². The second-order valence-corrected chi connectivity index (χ2v) is 25.8. The summed E-state index contributed by atoms with van der Waals surface area (Å²) >= 11 is 0. The molecule has 0 spiro atoms. The molecule has 0 amide bonds. The van der Waals surface area contributed by atoms with E-state index < -0.39 is 0 Å². The molecular formula is C74H68N6. The summed E-state index contributed by atoms with van der Waals surface area (Å²) in [6, 6.07) is 70.3. The Morgan fingerprint density at radius 1 is 0.312 bits per heavy atom. The van der Waals surface area contributed by atoms with Crippen molar-refractivity contribution in [2.24, 2.45) is 0 Å². The van der Waals surface area contributed by atoms with Gasteiger partial charge in [0.25, 0.3) is 0 Å². The van der Waals surface area contributed by atoms with Gasteiger partial charge in [-0.2, -0.15) is 0 Å². The number of nitrogens with zero attached hydrogens (tertiary/aromatic N) is 6. The number of hydrogen-bond acceptors (Lipinski definition) is 3. The van der Waals surface area contributed by atoms with Gasteiger partial charge in [-0.15, -0.1) is 0 Å². The van der Waals surface area contributed by atoms with E-state index in [1.807, 2.05) is 12.1 Å². The van der Waals surface area contributed by atoms with Gasteiger partial charge in [0.1, 0.15) is 0 Å². The molecule has 0 aliphatic rings. The van der Waals surface area contributed by atoms with Crippen molar-refractivity contribution in [1.82, 2.24) is 24.1 Å². The lowest BCUT2D eigenvalue weighted by atomic mass is 9.79. The molecule has 6 heteroatoms. The smallest absolute Gasteiger partial charge is 0.187 e. The second kappa shape index (κ2) is 19.2. The van der Waals surface area contributed by atoms with Gasteiger partial charge in [0, 0.05) is 49.4 Å². The van der Waals surface area contributed by atoms with E-state index in [1.54, 1.807) is 0 Å². The molecule has 0 atom stereocenters. The summed E-state index contributed by atoms with van der Waals surface area (Å²) in [4.78, 5) is 20.4. The van der Waals surface area contributed by atoms with Crippen LogP contribution in [-0.2, 0) is 21.7 Å². The standard InChI is InChI=1S/C74H68N6/c1-71(2,3)51-38-49(39-52(44-51)72(4,5)6)69-76-68(77-70(78-69)50-40-53(73(7,8)9)45-54(41-50)74(10,11)12)48-33-37-66(79-62-26-18-14-22-56(62)57-23-15-19-27-63(57)79)61(42-48)60-36-32-47(46-30-34-55(75-13)35-31-46)43-67(60)80-64-28-20-16-24-58(64)59-25-17-21-29-65(59)80/h14-45H,1-12H3. The monoisotopic (exact) mass is 1040 g/mol. The van der Waals surface area contributed by atoms with Gasteiger partial charge in [0.2, 0.25) is 0 Å². The Morgan fingerprint density at radius 3 is 1.05 bits per heavy atom.